The first-order chi connectivity index (χ1) is 19.7. The Morgan fingerprint density at radius 3 is 1.59 bits per heavy atom. The predicted molar refractivity (Wildman–Crippen MR) is 174 cm³/mol. The molecule has 246 valence electrons. The van der Waals surface area contributed by atoms with E-state index in [1.54, 1.807) is 7.11 Å². The third-order valence-corrected chi connectivity index (χ3v) is 10.1. The van der Waals surface area contributed by atoms with Gasteiger partial charge in [0.2, 0.25) is 0 Å². The Bertz CT molecular complexity index is 637. The summed E-state index contributed by atoms with van der Waals surface area (Å²) in [4.78, 5) is 12.8. The molecule has 0 saturated heterocycles. The first-order valence-corrected chi connectivity index (χ1v) is 18.8. The molecule has 0 radical (unpaired) electrons. The van der Waals surface area contributed by atoms with Crippen LogP contribution >= 0.6 is 7.60 Å². The van der Waals surface area contributed by atoms with Gasteiger partial charge in [-0.2, -0.15) is 0 Å². The van der Waals surface area contributed by atoms with E-state index in [9.17, 15) is 9.46 Å². The smallest absolute Gasteiger partial charge is 0.193 e. The molecule has 0 aromatic rings. The van der Waals surface area contributed by atoms with Crippen LogP contribution < -0.4 is 4.89 Å². The second kappa shape index (κ2) is 27.3. The van der Waals surface area contributed by atoms with Gasteiger partial charge in [0, 0.05) is 20.1 Å². The summed E-state index contributed by atoms with van der Waals surface area (Å²) < 4.78 is 29.6. The van der Waals surface area contributed by atoms with Gasteiger partial charge >= 0.3 is 0 Å². The van der Waals surface area contributed by atoms with Crippen LogP contribution in [-0.4, -0.2) is 64.4 Å². The van der Waals surface area contributed by atoms with Crippen LogP contribution in [0.15, 0.2) is 12.2 Å². The van der Waals surface area contributed by atoms with Gasteiger partial charge in [-0.3, -0.25) is 0 Å². The molecule has 0 heterocycles. The van der Waals surface area contributed by atoms with E-state index in [0.29, 0.717) is 24.1 Å². The first-order valence-electron chi connectivity index (χ1n) is 17.2. The number of quaternary nitrogens is 1. The Kier molecular flexibility index (Phi) is 27.2. The molecule has 7 heteroatoms. The monoisotopic (exact) mass is 603 g/mol. The van der Waals surface area contributed by atoms with Crippen molar-refractivity contribution >= 4 is 7.60 Å². The number of allylic oxidation sites excluding steroid dienone is 2. The van der Waals surface area contributed by atoms with E-state index in [-0.39, 0.29) is 12.7 Å². The summed E-state index contributed by atoms with van der Waals surface area (Å²) in [7, 11) is 3.23. The van der Waals surface area contributed by atoms with Gasteiger partial charge in [-0.1, -0.05) is 116 Å². The van der Waals surface area contributed by atoms with Crippen molar-refractivity contribution in [3.63, 3.8) is 0 Å². The zero-order valence-corrected chi connectivity index (χ0v) is 29.1. The Labute approximate surface area is 256 Å². The molecule has 0 saturated carbocycles. The number of hydrogen-bond donors (Lipinski definition) is 0. The number of nitrogens with zero attached hydrogens (tertiary/aromatic N) is 1. The standard InChI is InChI=1S/C34H70NO5P/c1-7-9-10-11-12-13-14-15-16-17-18-19-20-21-22-23-24-25-26-27-28-30-39-31-33(38-6)32-40-41(36,37)34(29-8-2)35(3,4)5/h23-24,33-34H,7-22,25-32H2,1-6H3/b24-23-/t33-,34?/m1/s1. The molecule has 0 aromatic heterocycles. The van der Waals surface area contributed by atoms with Crippen molar-refractivity contribution in [3.05, 3.63) is 12.2 Å². The van der Waals surface area contributed by atoms with E-state index in [0.717, 1.165) is 25.7 Å². The number of rotatable bonds is 31. The number of unbranched alkanes of at least 4 members (excludes halogenated alkanes) is 17. The molecule has 6 nitrogen and oxygen atoms in total. The number of methoxy groups -OCH3 is 1. The zero-order chi connectivity index (χ0) is 30.7. The largest absolute Gasteiger partial charge is 0.774 e. The van der Waals surface area contributed by atoms with Gasteiger partial charge < -0.3 is 27.9 Å². The van der Waals surface area contributed by atoms with Crippen molar-refractivity contribution in [2.24, 2.45) is 0 Å². The summed E-state index contributed by atoms with van der Waals surface area (Å²) in [6.45, 7) is 5.29. The number of ether oxygens (including phenoxy) is 2. The average Bonchev–Trinajstić information content (AvgIpc) is 2.93. The lowest BCUT2D eigenvalue weighted by Gasteiger charge is -2.41. The molecule has 0 N–H and O–H groups in total. The summed E-state index contributed by atoms with van der Waals surface area (Å²) in [6, 6.07) is 0. The minimum absolute atomic E-state index is 0.00158. The van der Waals surface area contributed by atoms with Gasteiger partial charge in [0.25, 0.3) is 0 Å². The predicted octanol–water partition coefficient (Wildman–Crippen LogP) is 9.41. The summed E-state index contributed by atoms with van der Waals surface area (Å²) in [5.41, 5.74) is 0. The van der Waals surface area contributed by atoms with Gasteiger partial charge in [0.15, 0.2) is 13.4 Å². The Balaban J connectivity index is 3.62. The number of hydrogen-bond acceptors (Lipinski definition) is 5. The van der Waals surface area contributed by atoms with Gasteiger partial charge in [-0.05, 0) is 38.5 Å². The van der Waals surface area contributed by atoms with E-state index in [2.05, 4.69) is 19.1 Å². The van der Waals surface area contributed by atoms with Gasteiger partial charge in [-0.25, -0.2) is 0 Å². The fraction of sp³-hybridized carbons (Fsp3) is 0.941. The van der Waals surface area contributed by atoms with E-state index in [4.69, 9.17) is 14.0 Å². The summed E-state index contributed by atoms with van der Waals surface area (Å²) >= 11 is 0. The molecule has 0 spiro atoms. The first kappa shape index (κ1) is 40.8. The molecule has 0 amide bonds. The molecule has 0 aliphatic heterocycles. The molecule has 0 aliphatic carbocycles. The van der Waals surface area contributed by atoms with E-state index >= 15 is 0 Å². The molecular weight excluding hydrogens is 533 g/mol. The van der Waals surface area contributed by atoms with Crippen molar-refractivity contribution < 1.29 is 27.9 Å². The highest BCUT2D eigenvalue weighted by molar-refractivity contribution is 7.51. The Morgan fingerprint density at radius 2 is 1.15 bits per heavy atom. The SMILES string of the molecule is CCCCCCCCCCCCCCCC/C=C\CCCCCOC[C@H](COP(=O)([O-])C(CCC)[N+](C)(C)C)OC. The molecular formula is C34H70NO5P. The Hall–Kier alpha value is -0.230. The van der Waals surface area contributed by atoms with E-state index in [1.807, 2.05) is 28.1 Å². The third-order valence-electron chi connectivity index (χ3n) is 7.93. The van der Waals surface area contributed by atoms with Gasteiger partial charge in [0.05, 0.1) is 34.4 Å². The van der Waals surface area contributed by atoms with Crippen LogP contribution in [-0.2, 0) is 18.6 Å². The minimum atomic E-state index is -4.01. The van der Waals surface area contributed by atoms with Crippen molar-refractivity contribution in [3.8, 4) is 0 Å². The van der Waals surface area contributed by atoms with Crippen LogP contribution in [0.1, 0.15) is 149 Å². The average molecular weight is 604 g/mol. The lowest BCUT2D eigenvalue weighted by Crippen LogP contribution is -2.47. The second-order valence-corrected chi connectivity index (χ2v) is 14.8. The normalized spacial score (nSPS) is 15.4. The zero-order valence-electron chi connectivity index (χ0n) is 28.2. The van der Waals surface area contributed by atoms with Crippen LogP contribution in [0.3, 0.4) is 0 Å². The molecule has 41 heavy (non-hydrogen) atoms. The van der Waals surface area contributed by atoms with E-state index in [1.165, 1.54) is 103 Å². The minimum Gasteiger partial charge on any atom is -0.774 e. The fourth-order valence-corrected chi connectivity index (χ4v) is 7.20. The van der Waals surface area contributed by atoms with Crippen LogP contribution in [0.25, 0.3) is 0 Å². The maximum absolute atomic E-state index is 12.8. The molecule has 0 rings (SSSR count). The highest BCUT2D eigenvalue weighted by Gasteiger charge is 2.35. The summed E-state index contributed by atoms with van der Waals surface area (Å²) in [6.07, 6.45) is 31.1. The highest BCUT2D eigenvalue weighted by Crippen LogP contribution is 2.48. The second-order valence-electron chi connectivity index (χ2n) is 12.9. The van der Waals surface area contributed by atoms with Crippen LogP contribution in [0.5, 0.6) is 0 Å². The van der Waals surface area contributed by atoms with Crippen molar-refractivity contribution in [1.29, 1.82) is 0 Å². The highest BCUT2D eigenvalue weighted by atomic mass is 31.2. The Morgan fingerprint density at radius 1 is 0.683 bits per heavy atom. The molecule has 0 bridgehead atoms. The van der Waals surface area contributed by atoms with Crippen molar-refractivity contribution in [1.82, 2.24) is 0 Å². The topological polar surface area (TPSA) is 67.8 Å². The fourth-order valence-electron chi connectivity index (χ4n) is 5.24. The van der Waals surface area contributed by atoms with Crippen LogP contribution in [0.2, 0.25) is 0 Å². The molecule has 0 aliphatic rings. The van der Waals surface area contributed by atoms with Crippen LogP contribution in [0.4, 0.5) is 0 Å². The summed E-state index contributed by atoms with van der Waals surface area (Å²) in [5, 5.41) is 0. The van der Waals surface area contributed by atoms with Gasteiger partial charge in [-0.15, -0.1) is 0 Å². The molecule has 0 aromatic carbocycles. The molecule has 0 fully saturated rings. The lowest BCUT2D eigenvalue weighted by molar-refractivity contribution is -0.884. The van der Waals surface area contributed by atoms with Crippen LogP contribution in [0, 0.1) is 0 Å². The molecule has 2 unspecified atom stereocenters. The molecule has 3 atom stereocenters. The van der Waals surface area contributed by atoms with Crippen molar-refractivity contribution in [2.75, 3.05) is 48.1 Å². The lowest BCUT2D eigenvalue weighted by atomic mass is 10.0. The maximum Gasteiger partial charge on any atom is 0.193 e. The van der Waals surface area contributed by atoms with Crippen molar-refractivity contribution in [2.45, 2.75) is 161 Å². The third kappa shape index (κ3) is 24.9. The maximum atomic E-state index is 12.8. The quantitative estimate of drug-likeness (QED) is 0.0342. The summed E-state index contributed by atoms with van der Waals surface area (Å²) in [5.74, 6) is -0.556. The van der Waals surface area contributed by atoms with Gasteiger partial charge in [0.1, 0.15) is 6.10 Å². The van der Waals surface area contributed by atoms with E-state index < -0.39 is 13.4 Å².